The van der Waals surface area contributed by atoms with Gasteiger partial charge in [0.05, 0.1) is 12.1 Å². The van der Waals surface area contributed by atoms with Crippen LogP contribution in [0.3, 0.4) is 0 Å². The maximum atomic E-state index is 12.1. The summed E-state index contributed by atoms with van der Waals surface area (Å²) in [6.07, 6.45) is 2.33. The van der Waals surface area contributed by atoms with Gasteiger partial charge in [-0.25, -0.2) is 0 Å². The zero-order valence-corrected chi connectivity index (χ0v) is 13.1. The van der Waals surface area contributed by atoms with Crippen LogP contribution < -0.4 is 15.8 Å². The molecular formula is C16H26N2O3. The van der Waals surface area contributed by atoms with E-state index in [1.807, 2.05) is 25.1 Å². The maximum absolute atomic E-state index is 12.1. The summed E-state index contributed by atoms with van der Waals surface area (Å²) in [6.45, 7) is 5.00. The summed E-state index contributed by atoms with van der Waals surface area (Å²) >= 11 is 0. The minimum Gasteiger partial charge on any atom is -0.493 e. The van der Waals surface area contributed by atoms with Crippen LogP contribution in [-0.2, 0) is 9.53 Å². The lowest BCUT2D eigenvalue weighted by Crippen LogP contribution is -2.48. The number of methoxy groups -OCH3 is 1. The quantitative estimate of drug-likeness (QED) is 0.686. The third-order valence-electron chi connectivity index (χ3n) is 3.14. The molecule has 1 aromatic carbocycles. The van der Waals surface area contributed by atoms with E-state index in [9.17, 15) is 4.79 Å². The lowest BCUT2D eigenvalue weighted by Gasteiger charge is -2.23. The first-order valence-electron chi connectivity index (χ1n) is 7.31. The fourth-order valence-corrected chi connectivity index (χ4v) is 1.96. The second-order valence-electron chi connectivity index (χ2n) is 5.34. The number of hydrogen-bond acceptors (Lipinski definition) is 4. The Balaban J connectivity index is 2.58. The summed E-state index contributed by atoms with van der Waals surface area (Å²) in [5.41, 5.74) is 5.85. The van der Waals surface area contributed by atoms with Gasteiger partial charge in [0.25, 0.3) is 0 Å². The van der Waals surface area contributed by atoms with Crippen LogP contribution in [-0.4, -0.2) is 31.8 Å². The predicted octanol–water partition coefficient (Wildman–Crippen LogP) is 2.56. The van der Waals surface area contributed by atoms with Crippen molar-refractivity contribution in [3.05, 3.63) is 24.3 Å². The third kappa shape index (κ3) is 6.14. The first-order chi connectivity index (χ1) is 9.99. The summed E-state index contributed by atoms with van der Waals surface area (Å²) in [6, 6.07) is 7.32. The Morgan fingerprint density at radius 1 is 1.38 bits per heavy atom. The third-order valence-corrected chi connectivity index (χ3v) is 3.14. The number of amides is 1. The van der Waals surface area contributed by atoms with Crippen LogP contribution in [0.4, 0.5) is 5.69 Å². The molecule has 0 heterocycles. The van der Waals surface area contributed by atoms with E-state index in [4.69, 9.17) is 15.2 Å². The van der Waals surface area contributed by atoms with Crippen LogP contribution in [0.25, 0.3) is 0 Å². The SMILES string of the molecule is CCCC(C)(N)C(=O)Nc1cccc(OCCCOC)c1. The van der Waals surface area contributed by atoms with E-state index in [-0.39, 0.29) is 5.91 Å². The normalized spacial score (nSPS) is 13.5. The predicted molar refractivity (Wildman–Crippen MR) is 84.6 cm³/mol. The van der Waals surface area contributed by atoms with E-state index in [0.29, 0.717) is 25.3 Å². The maximum Gasteiger partial charge on any atom is 0.244 e. The largest absolute Gasteiger partial charge is 0.493 e. The van der Waals surface area contributed by atoms with Crippen molar-refractivity contribution in [3.63, 3.8) is 0 Å². The highest BCUT2D eigenvalue weighted by molar-refractivity contribution is 5.97. The summed E-state index contributed by atoms with van der Waals surface area (Å²) in [5, 5.41) is 2.84. The molecule has 1 amide bonds. The standard InChI is InChI=1S/C16H26N2O3/c1-4-9-16(2,17)15(19)18-13-7-5-8-14(12-13)21-11-6-10-20-3/h5,7-8,12H,4,6,9-11,17H2,1-3H3,(H,18,19). The number of rotatable bonds is 9. The molecule has 0 fully saturated rings. The zero-order valence-electron chi connectivity index (χ0n) is 13.1. The second-order valence-corrected chi connectivity index (χ2v) is 5.34. The molecule has 0 radical (unpaired) electrons. The van der Waals surface area contributed by atoms with Crippen LogP contribution in [0.5, 0.6) is 5.75 Å². The Labute approximate surface area is 126 Å². The fraction of sp³-hybridized carbons (Fsp3) is 0.562. The first-order valence-corrected chi connectivity index (χ1v) is 7.31. The Morgan fingerprint density at radius 2 is 2.14 bits per heavy atom. The van der Waals surface area contributed by atoms with E-state index in [1.165, 1.54) is 0 Å². The molecule has 1 rings (SSSR count). The van der Waals surface area contributed by atoms with Crippen molar-refractivity contribution >= 4 is 11.6 Å². The molecule has 118 valence electrons. The van der Waals surface area contributed by atoms with Crippen LogP contribution >= 0.6 is 0 Å². The molecule has 1 aromatic rings. The molecule has 5 heteroatoms. The molecule has 0 aliphatic heterocycles. The van der Waals surface area contributed by atoms with Crippen LogP contribution in [0, 0.1) is 0 Å². The topological polar surface area (TPSA) is 73.6 Å². The molecule has 1 atom stereocenters. The molecule has 0 saturated heterocycles. The lowest BCUT2D eigenvalue weighted by atomic mass is 9.96. The van der Waals surface area contributed by atoms with Crippen LogP contribution in [0.15, 0.2) is 24.3 Å². The van der Waals surface area contributed by atoms with E-state index in [1.54, 1.807) is 20.1 Å². The Hall–Kier alpha value is -1.59. The minimum atomic E-state index is -0.857. The van der Waals surface area contributed by atoms with Gasteiger partial charge in [0.15, 0.2) is 0 Å². The van der Waals surface area contributed by atoms with E-state index in [0.717, 1.165) is 18.6 Å². The molecule has 1 unspecified atom stereocenters. The molecule has 0 saturated carbocycles. The first kappa shape index (κ1) is 17.5. The molecule has 0 bridgehead atoms. The average Bonchev–Trinajstić information content (AvgIpc) is 2.44. The summed E-state index contributed by atoms with van der Waals surface area (Å²) in [4.78, 5) is 12.1. The Kier molecular flexibility index (Phi) is 7.19. The highest BCUT2D eigenvalue weighted by atomic mass is 16.5. The number of carbonyl (C=O) groups excluding carboxylic acids is 1. The number of nitrogens with one attached hydrogen (secondary N) is 1. The second kappa shape index (κ2) is 8.64. The van der Waals surface area contributed by atoms with E-state index >= 15 is 0 Å². The van der Waals surface area contributed by atoms with Crippen molar-refractivity contribution in [2.24, 2.45) is 5.73 Å². The van der Waals surface area contributed by atoms with Crippen molar-refractivity contribution in [1.29, 1.82) is 0 Å². The fourth-order valence-electron chi connectivity index (χ4n) is 1.96. The molecule has 0 spiro atoms. The molecule has 3 N–H and O–H groups in total. The lowest BCUT2D eigenvalue weighted by molar-refractivity contribution is -0.120. The van der Waals surface area contributed by atoms with Gasteiger partial charge in [-0.3, -0.25) is 4.79 Å². The summed E-state index contributed by atoms with van der Waals surface area (Å²) < 4.78 is 10.6. The van der Waals surface area contributed by atoms with Crippen molar-refractivity contribution < 1.29 is 14.3 Å². The highest BCUT2D eigenvalue weighted by Crippen LogP contribution is 2.19. The molecule has 0 aliphatic rings. The molecular weight excluding hydrogens is 268 g/mol. The summed E-state index contributed by atoms with van der Waals surface area (Å²) in [7, 11) is 1.66. The molecule has 5 nitrogen and oxygen atoms in total. The number of ether oxygens (including phenoxy) is 2. The Morgan fingerprint density at radius 3 is 2.81 bits per heavy atom. The Bertz CT molecular complexity index is 447. The van der Waals surface area contributed by atoms with Gasteiger partial charge in [-0.1, -0.05) is 19.4 Å². The highest BCUT2D eigenvalue weighted by Gasteiger charge is 2.27. The van der Waals surface area contributed by atoms with Gasteiger partial charge >= 0.3 is 0 Å². The summed E-state index contributed by atoms with van der Waals surface area (Å²) in [5.74, 6) is 0.541. The van der Waals surface area contributed by atoms with Gasteiger partial charge in [-0.15, -0.1) is 0 Å². The zero-order chi connectivity index (χ0) is 15.7. The average molecular weight is 294 g/mol. The van der Waals surface area contributed by atoms with Crippen molar-refractivity contribution in [2.75, 3.05) is 25.6 Å². The van der Waals surface area contributed by atoms with Gasteiger partial charge < -0.3 is 20.5 Å². The molecule has 0 aromatic heterocycles. The van der Waals surface area contributed by atoms with Gasteiger partial charge in [0.1, 0.15) is 5.75 Å². The van der Waals surface area contributed by atoms with E-state index < -0.39 is 5.54 Å². The number of anilines is 1. The number of benzene rings is 1. The van der Waals surface area contributed by atoms with Crippen LogP contribution in [0.1, 0.15) is 33.1 Å². The van der Waals surface area contributed by atoms with Crippen molar-refractivity contribution in [3.8, 4) is 5.75 Å². The van der Waals surface area contributed by atoms with E-state index in [2.05, 4.69) is 5.32 Å². The van der Waals surface area contributed by atoms with Gasteiger partial charge in [-0.2, -0.15) is 0 Å². The van der Waals surface area contributed by atoms with Crippen molar-refractivity contribution in [1.82, 2.24) is 0 Å². The number of nitrogens with two attached hydrogens (primary N) is 1. The monoisotopic (exact) mass is 294 g/mol. The minimum absolute atomic E-state index is 0.180. The van der Waals surface area contributed by atoms with Crippen LogP contribution in [0.2, 0.25) is 0 Å². The number of carbonyl (C=O) groups is 1. The van der Waals surface area contributed by atoms with Crippen molar-refractivity contribution in [2.45, 2.75) is 38.6 Å². The van der Waals surface area contributed by atoms with Gasteiger partial charge in [-0.05, 0) is 25.5 Å². The molecule has 21 heavy (non-hydrogen) atoms. The van der Waals surface area contributed by atoms with Gasteiger partial charge in [0.2, 0.25) is 5.91 Å². The number of hydrogen-bond donors (Lipinski definition) is 2. The smallest absolute Gasteiger partial charge is 0.244 e. The molecule has 0 aliphatic carbocycles. The van der Waals surface area contributed by atoms with Gasteiger partial charge in [0, 0.05) is 31.9 Å².